The number of benzene rings is 3. The summed E-state index contributed by atoms with van der Waals surface area (Å²) in [6.45, 7) is 0.362. The molecule has 1 saturated heterocycles. The Morgan fingerprint density at radius 2 is 1.74 bits per heavy atom. The molecular formula is C27H24F3N3O4S. The molecule has 0 bridgehead atoms. The average molecular weight is 544 g/mol. The largest absolute Gasteiger partial charge is 0.497 e. The highest BCUT2D eigenvalue weighted by Crippen LogP contribution is 2.55. The highest BCUT2D eigenvalue weighted by atomic mass is 32.2. The molecule has 3 aromatic rings. The van der Waals surface area contributed by atoms with Gasteiger partial charge in [-0.05, 0) is 48.0 Å². The van der Waals surface area contributed by atoms with Crippen LogP contribution < -0.4 is 19.7 Å². The Bertz CT molecular complexity index is 1380. The van der Waals surface area contributed by atoms with Crippen molar-refractivity contribution in [2.45, 2.75) is 17.6 Å². The van der Waals surface area contributed by atoms with Crippen LogP contribution in [0.25, 0.3) is 0 Å². The normalized spacial score (nSPS) is 18.6. The van der Waals surface area contributed by atoms with E-state index >= 15 is 0 Å². The van der Waals surface area contributed by atoms with E-state index in [1.54, 1.807) is 42.5 Å². The van der Waals surface area contributed by atoms with E-state index in [9.17, 15) is 22.8 Å². The van der Waals surface area contributed by atoms with Crippen molar-refractivity contribution >= 4 is 35.1 Å². The van der Waals surface area contributed by atoms with Crippen molar-refractivity contribution in [3.05, 3.63) is 83.4 Å². The number of methoxy groups -OCH3 is 2. The number of halogens is 3. The zero-order chi connectivity index (χ0) is 27.1. The van der Waals surface area contributed by atoms with Crippen molar-refractivity contribution in [3.63, 3.8) is 0 Å². The molecule has 0 unspecified atom stereocenters. The molecule has 0 aliphatic carbocycles. The Morgan fingerprint density at radius 3 is 2.42 bits per heavy atom. The number of ether oxygens (including phenoxy) is 2. The summed E-state index contributed by atoms with van der Waals surface area (Å²) in [5.74, 6) is 1.27. The number of nitrogens with zero attached hydrogens (tertiary/aromatic N) is 2. The van der Waals surface area contributed by atoms with Gasteiger partial charge < -0.3 is 19.7 Å². The van der Waals surface area contributed by atoms with Gasteiger partial charge in [-0.25, -0.2) is 4.79 Å². The Hall–Kier alpha value is -3.86. The molecule has 0 saturated carbocycles. The molecule has 11 heteroatoms. The van der Waals surface area contributed by atoms with Gasteiger partial charge in [0.25, 0.3) is 5.91 Å². The topological polar surface area (TPSA) is 71.1 Å². The summed E-state index contributed by atoms with van der Waals surface area (Å²) in [6, 6.07) is 16.4. The van der Waals surface area contributed by atoms with E-state index < -0.39 is 22.6 Å². The molecule has 0 aromatic heterocycles. The predicted octanol–water partition coefficient (Wildman–Crippen LogP) is 5.70. The van der Waals surface area contributed by atoms with Gasteiger partial charge in [0.05, 0.1) is 32.0 Å². The Labute approximate surface area is 221 Å². The van der Waals surface area contributed by atoms with Gasteiger partial charge in [0, 0.05) is 29.6 Å². The van der Waals surface area contributed by atoms with Crippen LogP contribution >= 0.6 is 11.8 Å². The number of carbonyl (C=O) groups excluding carboxylic acids is 2. The van der Waals surface area contributed by atoms with Crippen LogP contribution in [0.5, 0.6) is 11.5 Å². The molecule has 1 fully saturated rings. The van der Waals surface area contributed by atoms with Crippen molar-refractivity contribution in [2.24, 2.45) is 0 Å². The number of thioether (sulfide) groups is 1. The van der Waals surface area contributed by atoms with E-state index in [-0.39, 0.29) is 12.5 Å². The zero-order valence-electron chi connectivity index (χ0n) is 20.5. The lowest BCUT2D eigenvalue weighted by Crippen LogP contribution is -2.51. The first-order valence-corrected chi connectivity index (χ1v) is 12.7. The third-order valence-electron chi connectivity index (χ3n) is 6.59. The molecule has 0 radical (unpaired) electrons. The van der Waals surface area contributed by atoms with Gasteiger partial charge in [-0.3, -0.25) is 9.69 Å². The van der Waals surface area contributed by atoms with Crippen molar-refractivity contribution in [3.8, 4) is 11.5 Å². The molecule has 2 aliphatic rings. The summed E-state index contributed by atoms with van der Waals surface area (Å²) < 4.78 is 49.8. The monoisotopic (exact) mass is 543 g/mol. The van der Waals surface area contributed by atoms with Crippen LogP contribution in [0.4, 0.5) is 29.3 Å². The fourth-order valence-electron chi connectivity index (χ4n) is 4.75. The number of fused-ring (bicyclic) bond motifs is 2. The number of nitrogens with one attached hydrogen (secondary N) is 1. The minimum Gasteiger partial charge on any atom is -0.497 e. The van der Waals surface area contributed by atoms with Crippen molar-refractivity contribution in [2.75, 3.05) is 36.7 Å². The minimum atomic E-state index is -4.45. The van der Waals surface area contributed by atoms with Gasteiger partial charge in [0.2, 0.25) is 0 Å². The number of carbonyl (C=O) groups is 2. The van der Waals surface area contributed by atoms with Gasteiger partial charge in [-0.2, -0.15) is 13.2 Å². The van der Waals surface area contributed by atoms with Gasteiger partial charge in [0.1, 0.15) is 11.5 Å². The number of urea groups is 1. The molecule has 2 aliphatic heterocycles. The molecule has 2 heterocycles. The number of anilines is 2. The maximum atomic E-state index is 14.1. The second-order valence-electron chi connectivity index (χ2n) is 8.78. The van der Waals surface area contributed by atoms with Crippen LogP contribution in [0.2, 0.25) is 0 Å². The molecule has 1 N–H and O–H groups in total. The standard InChI is InChI=1S/C27H24F3N3O4S/c1-36-20-5-3-4-19(14-20)31-25(35)33-12-13-38-26(33)22-15-21(37-2)10-11-23(22)32(24(26)34)16-17-6-8-18(9-7-17)27(28,29)30/h3-11,14-15H,12-13,16H2,1-2H3,(H,31,35)/t26-/m1/s1. The maximum Gasteiger partial charge on any atom is 0.416 e. The maximum absolute atomic E-state index is 14.1. The van der Waals surface area contributed by atoms with Gasteiger partial charge in [0.15, 0.2) is 4.87 Å². The van der Waals surface area contributed by atoms with Crippen LogP contribution in [-0.2, 0) is 22.4 Å². The van der Waals surface area contributed by atoms with E-state index in [4.69, 9.17) is 9.47 Å². The van der Waals surface area contributed by atoms with E-state index in [0.29, 0.717) is 46.3 Å². The van der Waals surface area contributed by atoms with Crippen LogP contribution in [0, 0.1) is 0 Å². The number of alkyl halides is 3. The third-order valence-corrected chi connectivity index (χ3v) is 8.01. The average Bonchev–Trinajstić information content (AvgIpc) is 3.45. The summed E-state index contributed by atoms with van der Waals surface area (Å²) in [4.78, 5) is 29.3. The van der Waals surface area contributed by atoms with Crippen LogP contribution in [0.15, 0.2) is 66.7 Å². The lowest BCUT2D eigenvalue weighted by molar-refractivity contribution is -0.137. The first-order valence-electron chi connectivity index (χ1n) is 11.7. The minimum absolute atomic E-state index is 0.0456. The fourth-order valence-corrected chi connectivity index (χ4v) is 6.20. The second kappa shape index (κ2) is 9.79. The molecule has 3 aromatic carbocycles. The summed E-state index contributed by atoms with van der Waals surface area (Å²) in [5, 5.41) is 2.86. The van der Waals surface area contributed by atoms with E-state index in [1.807, 2.05) is 0 Å². The van der Waals surface area contributed by atoms with Crippen LogP contribution in [0.1, 0.15) is 16.7 Å². The predicted molar refractivity (Wildman–Crippen MR) is 138 cm³/mol. The Balaban J connectivity index is 1.50. The summed E-state index contributed by atoms with van der Waals surface area (Å²) in [5.41, 5.74) is 1.45. The number of amides is 3. The Morgan fingerprint density at radius 1 is 1.03 bits per heavy atom. The van der Waals surface area contributed by atoms with Crippen molar-refractivity contribution < 1.29 is 32.2 Å². The summed E-state index contributed by atoms with van der Waals surface area (Å²) in [7, 11) is 3.04. The van der Waals surface area contributed by atoms with E-state index in [1.165, 1.54) is 47.9 Å². The lowest BCUT2D eigenvalue weighted by atomic mass is 10.1. The first-order chi connectivity index (χ1) is 18.2. The van der Waals surface area contributed by atoms with E-state index in [2.05, 4.69) is 5.32 Å². The second-order valence-corrected chi connectivity index (χ2v) is 10.1. The molecule has 1 spiro atoms. The van der Waals surface area contributed by atoms with Crippen molar-refractivity contribution in [1.82, 2.24) is 4.90 Å². The molecule has 7 nitrogen and oxygen atoms in total. The highest BCUT2D eigenvalue weighted by molar-refractivity contribution is 8.01. The quantitative estimate of drug-likeness (QED) is 0.447. The molecule has 3 amide bonds. The van der Waals surface area contributed by atoms with Crippen LogP contribution in [-0.4, -0.2) is 43.4 Å². The van der Waals surface area contributed by atoms with Gasteiger partial charge in [-0.1, -0.05) is 18.2 Å². The summed E-state index contributed by atoms with van der Waals surface area (Å²) >= 11 is 1.34. The smallest absolute Gasteiger partial charge is 0.416 e. The van der Waals surface area contributed by atoms with Gasteiger partial charge in [-0.15, -0.1) is 11.8 Å². The number of hydrogen-bond donors (Lipinski definition) is 1. The zero-order valence-corrected chi connectivity index (χ0v) is 21.4. The fraction of sp³-hybridized carbons (Fsp3) is 0.259. The molecule has 198 valence electrons. The number of rotatable bonds is 5. The van der Waals surface area contributed by atoms with Crippen molar-refractivity contribution in [1.29, 1.82) is 0 Å². The molecule has 1 atom stereocenters. The lowest BCUT2D eigenvalue weighted by Gasteiger charge is -2.33. The summed E-state index contributed by atoms with van der Waals surface area (Å²) in [6.07, 6.45) is -4.45. The highest BCUT2D eigenvalue weighted by Gasteiger charge is 2.59. The van der Waals surface area contributed by atoms with E-state index in [0.717, 1.165) is 12.1 Å². The third kappa shape index (κ3) is 4.40. The first kappa shape index (κ1) is 25.8. The van der Waals surface area contributed by atoms with Gasteiger partial charge >= 0.3 is 12.2 Å². The number of hydrogen-bond acceptors (Lipinski definition) is 5. The molecule has 5 rings (SSSR count). The SMILES string of the molecule is COc1cccc(NC(=O)N2CCS[C@]23C(=O)N(Cc2ccc(C(F)(F)F)cc2)c2ccc(OC)cc23)c1. The molecular weight excluding hydrogens is 519 g/mol. The van der Waals surface area contributed by atoms with Crippen LogP contribution in [0.3, 0.4) is 0 Å². The Kier molecular flexibility index (Phi) is 6.64. The molecule has 38 heavy (non-hydrogen) atoms.